The standard InChI is InChI=1S/C20H12F9.C10H12SSi.2ClH.Zr/c1-11-9-13-3-2-4-15(16(13)10-11)12-5-7-14(8-6-12)17(18(21,22)23,19(24,25)26)20(27,28)29;1-6-9-7-4-5-11-8(7)10(6)12(9,2)3;;;/h2-10H,1H3;4-5,9H,1-3H3;2*1H;/q-1;;;;+3/p-2. The molecule has 7 rings (SSSR count). The molecule has 2 bridgehead atoms. The molecule has 0 spiro atoms. The van der Waals surface area contributed by atoms with Crippen LogP contribution >= 0.6 is 11.3 Å². The topological polar surface area (TPSA) is 0 Å². The Kier molecular flexibility index (Phi) is 11.1. The molecule has 1 unspecified atom stereocenters. The number of rotatable bonds is 2. The first-order valence-electron chi connectivity index (χ1n) is 12.6. The monoisotopic (exact) mass is 775 g/mol. The summed E-state index contributed by atoms with van der Waals surface area (Å²) in [5.74, 6) is 0. The average Bonchev–Trinajstić information content (AvgIpc) is 3.53. The van der Waals surface area contributed by atoms with Crippen molar-refractivity contribution in [2.45, 2.75) is 56.4 Å². The van der Waals surface area contributed by atoms with Crippen molar-refractivity contribution >= 4 is 35.4 Å². The Morgan fingerprint density at radius 3 is 1.80 bits per heavy atom. The first-order valence-corrected chi connectivity index (χ1v) is 16.6. The Labute approximate surface area is 285 Å². The second-order valence-electron chi connectivity index (χ2n) is 11.1. The molecule has 235 valence electrons. The first-order chi connectivity index (χ1) is 18.8. The maximum atomic E-state index is 13.2. The molecule has 14 heteroatoms. The number of alkyl halides is 9. The van der Waals surface area contributed by atoms with Gasteiger partial charge in [0.15, 0.2) is 0 Å². The molecule has 0 N–H and O–H groups in total. The maximum Gasteiger partial charge on any atom is 3.00 e. The molecule has 4 aromatic rings. The Hall–Kier alpha value is -1.46. The summed E-state index contributed by atoms with van der Waals surface area (Å²) < 4.78 is 119. The number of fused-ring (bicyclic) bond motifs is 1. The molecule has 3 aliphatic rings. The molecule has 0 saturated carbocycles. The summed E-state index contributed by atoms with van der Waals surface area (Å²) in [6.45, 7) is 9.14. The maximum absolute atomic E-state index is 13.2. The van der Waals surface area contributed by atoms with Crippen molar-refractivity contribution in [3.63, 3.8) is 0 Å². The van der Waals surface area contributed by atoms with Crippen molar-refractivity contribution in [3.05, 3.63) is 93.2 Å². The van der Waals surface area contributed by atoms with Gasteiger partial charge in [-0.25, -0.2) is 0 Å². The largest absolute Gasteiger partial charge is 3.00 e. The zero-order chi connectivity index (χ0) is 30.3. The van der Waals surface area contributed by atoms with Crippen LogP contribution in [0.1, 0.15) is 34.0 Å². The van der Waals surface area contributed by atoms with E-state index in [4.69, 9.17) is 0 Å². The number of benzene rings is 2. The van der Waals surface area contributed by atoms with Crippen LogP contribution in [-0.2, 0) is 31.6 Å². The van der Waals surface area contributed by atoms with Gasteiger partial charge in [-0.3, -0.25) is 0 Å². The molecule has 44 heavy (non-hydrogen) atoms. The minimum Gasteiger partial charge on any atom is -1.00 e. The van der Waals surface area contributed by atoms with E-state index in [0.717, 1.165) is 28.6 Å². The van der Waals surface area contributed by atoms with Gasteiger partial charge in [0.05, 0.1) is 8.07 Å². The fourth-order valence-electron chi connectivity index (χ4n) is 6.61. The molecule has 1 atom stereocenters. The summed E-state index contributed by atoms with van der Waals surface area (Å²) in [6, 6.07) is 13.1. The van der Waals surface area contributed by atoms with E-state index in [9.17, 15) is 39.5 Å². The van der Waals surface area contributed by atoms with Crippen molar-refractivity contribution in [1.29, 1.82) is 0 Å². The van der Waals surface area contributed by atoms with Gasteiger partial charge in [0.25, 0.3) is 5.41 Å². The van der Waals surface area contributed by atoms with E-state index >= 15 is 0 Å². The van der Waals surface area contributed by atoms with Crippen LogP contribution in [0.2, 0.25) is 13.1 Å². The molecule has 2 aliphatic heterocycles. The zero-order valence-corrected chi connectivity index (χ0v) is 29.3. The quantitative estimate of drug-likeness (QED) is 0.155. The van der Waals surface area contributed by atoms with Gasteiger partial charge in [-0.1, -0.05) is 61.5 Å². The van der Waals surface area contributed by atoms with E-state index in [1.807, 2.05) is 17.4 Å². The molecule has 0 nitrogen and oxygen atoms in total. The molecule has 0 saturated heterocycles. The van der Waals surface area contributed by atoms with Gasteiger partial charge < -0.3 is 24.8 Å². The summed E-state index contributed by atoms with van der Waals surface area (Å²) in [5.41, 5.74) is -2.11. The van der Waals surface area contributed by atoms with Crippen LogP contribution in [0.15, 0.2) is 71.6 Å². The van der Waals surface area contributed by atoms with Crippen LogP contribution in [0.3, 0.4) is 0 Å². The summed E-state index contributed by atoms with van der Waals surface area (Å²) in [5, 5.41) is 5.50. The molecule has 1 aromatic heterocycles. The molecular formula is C30H24Cl2F9SSiZr. The van der Waals surface area contributed by atoms with Gasteiger partial charge in [-0.15, -0.1) is 45.9 Å². The van der Waals surface area contributed by atoms with Crippen molar-refractivity contribution in [2.24, 2.45) is 0 Å². The molecule has 3 aromatic carbocycles. The molecule has 1 aliphatic carbocycles. The third-order valence-corrected chi connectivity index (χ3v) is 13.5. The van der Waals surface area contributed by atoms with Gasteiger partial charge in [-0.2, -0.15) is 45.6 Å². The van der Waals surface area contributed by atoms with Gasteiger partial charge in [0, 0.05) is 10.4 Å². The summed E-state index contributed by atoms with van der Waals surface area (Å²) in [6.07, 6.45) is -19.9. The van der Waals surface area contributed by atoms with E-state index in [0.29, 0.717) is 10.9 Å². The number of hydrogen-bond donors (Lipinski definition) is 0. The third-order valence-electron chi connectivity index (χ3n) is 8.23. The molecule has 1 radical (unpaired) electrons. The van der Waals surface area contributed by atoms with E-state index in [1.165, 1.54) is 0 Å². The SMILES string of the molecule is CC1=C2c3sccc3C1[Si]2(C)C.Cc1cc2c(-c3ccc(C(C(F)(F)F)(C(F)(F)F)C(F)(F)F)cc3)cccc2[cH-]1.[Cl-].[Cl-].[Zr+3]. The third kappa shape index (κ3) is 5.69. The normalized spacial score (nSPS) is 17.0. The average molecular weight is 778 g/mol. The van der Waals surface area contributed by atoms with Crippen LogP contribution in [0.5, 0.6) is 0 Å². The number of hydrogen-bond acceptors (Lipinski definition) is 1. The number of allylic oxidation sites excluding steroid dienone is 1. The van der Waals surface area contributed by atoms with Crippen LogP contribution < -0.4 is 24.8 Å². The van der Waals surface area contributed by atoms with E-state index in [1.54, 1.807) is 52.4 Å². The van der Waals surface area contributed by atoms with Crippen molar-refractivity contribution in [1.82, 2.24) is 0 Å². The fraction of sp³-hybridized carbons (Fsp3) is 0.300. The predicted octanol–water partition coefficient (Wildman–Crippen LogP) is 4.88. The second kappa shape index (κ2) is 12.6. The second-order valence-corrected chi connectivity index (χ2v) is 16.5. The summed E-state index contributed by atoms with van der Waals surface area (Å²) in [7, 11) is -0.972. The van der Waals surface area contributed by atoms with Gasteiger partial charge in [0.2, 0.25) is 0 Å². The predicted molar refractivity (Wildman–Crippen MR) is 147 cm³/mol. The van der Waals surface area contributed by atoms with E-state index in [2.05, 4.69) is 31.5 Å². The van der Waals surface area contributed by atoms with Crippen LogP contribution in [0.25, 0.3) is 27.1 Å². The summed E-state index contributed by atoms with van der Waals surface area (Å²) in [4.78, 5) is 1.63. The van der Waals surface area contributed by atoms with E-state index < -0.39 is 37.6 Å². The first kappa shape index (κ1) is 38.7. The van der Waals surface area contributed by atoms with Crippen LogP contribution in [0, 0.1) is 6.92 Å². The van der Waals surface area contributed by atoms with Gasteiger partial charge >= 0.3 is 44.7 Å². The molecule has 0 fully saturated rings. The van der Waals surface area contributed by atoms with Crippen molar-refractivity contribution in [2.75, 3.05) is 0 Å². The van der Waals surface area contributed by atoms with Crippen molar-refractivity contribution < 1.29 is 90.5 Å². The number of halogens is 11. The van der Waals surface area contributed by atoms with Crippen molar-refractivity contribution in [3.8, 4) is 11.1 Å². The van der Waals surface area contributed by atoms with Crippen LogP contribution in [0.4, 0.5) is 39.5 Å². The summed E-state index contributed by atoms with van der Waals surface area (Å²) >= 11 is 1.94. The molecule has 3 heterocycles. The Morgan fingerprint density at radius 2 is 1.32 bits per heavy atom. The Balaban J connectivity index is 0.000000376. The minimum absolute atomic E-state index is 0. The van der Waals surface area contributed by atoms with Gasteiger partial charge in [-0.05, 0) is 40.3 Å². The van der Waals surface area contributed by atoms with Crippen LogP contribution in [-0.4, -0.2) is 26.6 Å². The van der Waals surface area contributed by atoms with Gasteiger partial charge in [0.1, 0.15) is 0 Å². The molecule has 0 amide bonds. The van der Waals surface area contributed by atoms with E-state index in [-0.39, 0.29) is 68.7 Å². The Morgan fingerprint density at radius 1 is 0.773 bits per heavy atom. The fourth-order valence-corrected chi connectivity index (χ4v) is 12.8. The Bertz CT molecular complexity index is 1630. The zero-order valence-electron chi connectivity index (χ0n) is 23.5. The number of aryl methyl sites for hydroxylation is 1. The molecular weight excluding hydrogens is 754 g/mol. The minimum atomic E-state index is -6.63. The smallest absolute Gasteiger partial charge is 1.00 e. The number of thiophene rings is 1.